The van der Waals surface area contributed by atoms with Crippen LogP contribution in [0.5, 0.6) is 0 Å². The van der Waals surface area contributed by atoms with Crippen LogP contribution in [0, 0.1) is 0 Å². The van der Waals surface area contributed by atoms with E-state index >= 15 is 0 Å². The molecule has 6 nitrogen and oxygen atoms in total. The highest BCUT2D eigenvalue weighted by Crippen LogP contribution is 2.39. The molecule has 0 radical (unpaired) electrons. The van der Waals surface area contributed by atoms with Gasteiger partial charge < -0.3 is 4.90 Å². The molecule has 37 heavy (non-hydrogen) atoms. The summed E-state index contributed by atoms with van der Waals surface area (Å²) in [6.45, 7) is 1.40. The quantitative estimate of drug-likeness (QED) is 0.308. The van der Waals surface area contributed by atoms with Crippen molar-refractivity contribution in [2.45, 2.75) is 32.1 Å². The van der Waals surface area contributed by atoms with E-state index in [1.807, 2.05) is 40.1 Å². The van der Waals surface area contributed by atoms with E-state index in [1.165, 1.54) is 27.8 Å². The van der Waals surface area contributed by atoms with Crippen molar-refractivity contribution in [1.29, 1.82) is 0 Å². The lowest BCUT2D eigenvalue weighted by Crippen LogP contribution is -2.37. The van der Waals surface area contributed by atoms with Gasteiger partial charge >= 0.3 is 0 Å². The molecule has 0 spiro atoms. The van der Waals surface area contributed by atoms with Gasteiger partial charge in [0.05, 0.1) is 12.1 Å². The Bertz CT molecular complexity index is 1450. The average molecular weight is 575 g/mol. The number of carbonyl (C=O) groups excluding carboxylic acids is 1. The van der Waals surface area contributed by atoms with Gasteiger partial charge in [-0.05, 0) is 94.2 Å². The largest absolute Gasteiger partial charge is 0.342 e. The molecule has 8 heteroatoms. The number of piperidine rings is 1. The highest BCUT2D eigenvalue weighted by Gasteiger charge is 2.27. The minimum Gasteiger partial charge on any atom is -0.342 e. The smallest absolute Gasteiger partial charge is 0.227 e. The first kappa shape index (κ1) is 24.1. The van der Waals surface area contributed by atoms with Crippen molar-refractivity contribution >= 4 is 39.0 Å². The van der Waals surface area contributed by atoms with Gasteiger partial charge in [0.25, 0.3) is 0 Å². The molecule has 2 aliphatic rings. The molecule has 3 aromatic heterocycles. The summed E-state index contributed by atoms with van der Waals surface area (Å²) < 4.78 is 2.84. The first-order valence-electron chi connectivity index (χ1n) is 12.4. The minimum absolute atomic E-state index is 0.141. The summed E-state index contributed by atoms with van der Waals surface area (Å²) in [6.07, 6.45) is 12.8. The number of hydrogen-bond acceptors (Lipinski definition) is 4. The van der Waals surface area contributed by atoms with Crippen LogP contribution in [0.4, 0.5) is 0 Å². The Morgan fingerprint density at radius 3 is 2.62 bits per heavy atom. The summed E-state index contributed by atoms with van der Waals surface area (Å²) in [7, 11) is 0. The molecule has 4 aromatic rings. The number of imidazole rings is 1. The van der Waals surface area contributed by atoms with Crippen molar-refractivity contribution < 1.29 is 4.79 Å². The van der Waals surface area contributed by atoms with E-state index in [-0.39, 0.29) is 5.91 Å². The topological polar surface area (TPSA) is 63.9 Å². The second kappa shape index (κ2) is 10.2. The number of aryl methyl sites for hydroxylation is 2. The zero-order chi connectivity index (χ0) is 25.4. The van der Waals surface area contributed by atoms with Gasteiger partial charge in [0.15, 0.2) is 0 Å². The number of benzene rings is 1. The van der Waals surface area contributed by atoms with Gasteiger partial charge in [-0.1, -0.05) is 23.2 Å². The van der Waals surface area contributed by atoms with Crippen LogP contribution < -0.4 is 0 Å². The first-order valence-corrected chi connectivity index (χ1v) is 13.6. The van der Waals surface area contributed by atoms with Gasteiger partial charge in [-0.15, -0.1) is 0 Å². The number of amides is 1. The molecule has 186 valence electrons. The molecule has 1 aliphatic carbocycles. The third-order valence-electron chi connectivity index (χ3n) is 7.18. The Morgan fingerprint density at radius 1 is 0.973 bits per heavy atom. The molecule has 6 rings (SSSR count). The summed E-state index contributed by atoms with van der Waals surface area (Å²) in [5, 5.41) is 0.760. The second-order valence-electron chi connectivity index (χ2n) is 9.49. The summed E-state index contributed by atoms with van der Waals surface area (Å²) in [5.74, 6) is 0.903. The number of fused-ring (bicyclic) bond motifs is 2. The summed E-state index contributed by atoms with van der Waals surface area (Å²) in [4.78, 5) is 28.5. The van der Waals surface area contributed by atoms with E-state index in [0.29, 0.717) is 19.5 Å². The van der Waals surface area contributed by atoms with E-state index < -0.39 is 0 Å². The Morgan fingerprint density at radius 2 is 1.81 bits per heavy atom. The van der Waals surface area contributed by atoms with Crippen molar-refractivity contribution in [3.8, 4) is 5.82 Å². The molecule has 0 unspecified atom stereocenters. The number of carbonyl (C=O) groups is 1. The number of hydrogen-bond donors (Lipinski definition) is 0. The van der Waals surface area contributed by atoms with Crippen molar-refractivity contribution in [3.63, 3.8) is 0 Å². The van der Waals surface area contributed by atoms with Crippen LogP contribution in [0.2, 0.25) is 5.02 Å². The van der Waals surface area contributed by atoms with Gasteiger partial charge in [0, 0.05) is 52.9 Å². The van der Waals surface area contributed by atoms with Gasteiger partial charge in [-0.3, -0.25) is 14.3 Å². The molecule has 1 aromatic carbocycles. The lowest BCUT2D eigenvalue weighted by molar-refractivity contribution is -0.130. The van der Waals surface area contributed by atoms with Crippen LogP contribution >= 0.6 is 27.5 Å². The van der Waals surface area contributed by atoms with Crippen LogP contribution in [-0.2, 0) is 24.1 Å². The molecular weight excluding hydrogens is 550 g/mol. The molecule has 0 saturated carbocycles. The number of aromatic nitrogens is 4. The van der Waals surface area contributed by atoms with Gasteiger partial charge in [-0.2, -0.15) is 0 Å². The summed E-state index contributed by atoms with van der Waals surface area (Å²) in [6, 6.07) is 12.2. The number of pyridine rings is 2. The van der Waals surface area contributed by atoms with Crippen LogP contribution in [0.1, 0.15) is 40.8 Å². The predicted molar refractivity (Wildman–Crippen MR) is 148 cm³/mol. The fourth-order valence-electron chi connectivity index (χ4n) is 5.33. The number of halogens is 2. The number of likely N-dealkylation sites (tertiary alicyclic amines) is 1. The summed E-state index contributed by atoms with van der Waals surface area (Å²) in [5.41, 5.74) is 8.31. The first-order chi connectivity index (χ1) is 18.0. The third-order valence-corrected chi connectivity index (χ3v) is 7.85. The van der Waals surface area contributed by atoms with E-state index in [9.17, 15) is 4.79 Å². The Balaban J connectivity index is 1.25. The standard InChI is InChI=1S/C29H25BrClN5O/c30-23-15-22-2-1-21-16-24(31)3-4-25(21)28(29(22)34-17-23)20-6-10-35(11-7-20)27(37)14-19-5-8-33-26(13-19)36-12-9-32-18-36/h3-5,8-9,12-13,15-18H,1-2,6-7,10-11,14H2. The molecule has 1 fully saturated rings. The maximum absolute atomic E-state index is 13.2. The van der Waals surface area contributed by atoms with Gasteiger partial charge in [0.2, 0.25) is 5.91 Å². The summed E-state index contributed by atoms with van der Waals surface area (Å²) >= 11 is 9.96. The van der Waals surface area contributed by atoms with Crippen molar-refractivity contribution in [2.75, 3.05) is 13.1 Å². The lowest BCUT2D eigenvalue weighted by atomic mass is 9.88. The van der Waals surface area contributed by atoms with Crippen molar-refractivity contribution in [2.24, 2.45) is 0 Å². The molecule has 4 heterocycles. The normalized spacial score (nSPS) is 15.2. The molecule has 1 aliphatic heterocycles. The third kappa shape index (κ3) is 4.98. The fraction of sp³-hybridized carbons (Fsp3) is 0.241. The number of nitrogens with zero attached hydrogens (tertiary/aromatic N) is 5. The highest BCUT2D eigenvalue weighted by molar-refractivity contribution is 9.10. The van der Waals surface area contributed by atoms with Gasteiger partial charge in [-0.25, -0.2) is 9.97 Å². The molecule has 1 saturated heterocycles. The minimum atomic E-state index is 0.141. The molecule has 1 amide bonds. The zero-order valence-corrected chi connectivity index (χ0v) is 22.5. The number of rotatable bonds is 3. The zero-order valence-electron chi connectivity index (χ0n) is 20.2. The molecule has 0 N–H and O–H groups in total. The Hall–Kier alpha value is -3.29. The van der Waals surface area contributed by atoms with Crippen molar-refractivity contribution in [3.05, 3.63) is 111 Å². The SMILES string of the molecule is O=C(Cc1ccnc(-n2ccnc2)c1)N1CCC(=C2c3ccc(Cl)cc3CCc3cc(Br)cnc32)CC1. The molecular formula is C29H25BrClN5O. The monoisotopic (exact) mass is 573 g/mol. The maximum Gasteiger partial charge on any atom is 0.227 e. The van der Waals surface area contributed by atoms with Crippen LogP contribution in [0.15, 0.2) is 77.6 Å². The lowest BCUT2D eigenvalue weighted by Gasteiger charge is -2.30. The van der Waals surface area contributed by atoms with Crippen LogP contribution in [-0.4, -0.2) is 43.4 Å². The van der Waals surface area contributed by atoms with E-state index in [1.54, 1.807) is 18.7 Å². The maximum atomic E-state index is 13.2. The highest BCUT2D eigenvalue weighted by atomic mass is 79.9. The average Bonchev–Trinajstić information content (AvgIpc) is 3.40. The fourth-order valence-corrected chi connectivity index (χ4v) is 5.91. The van der Waals surface area contributed by atoms with Crippen LogP contribution in [0.3, 0.4) is 0 Å². The predicted octanol–water partition coefficient (Wildman–Crippen LogP) is 5.84. The molecule has 0 atom stereocenters. The van der Waals surface area contributed by atoms with E-state index in [2.05, 4.69) is 44.1 Å². The second-order valence-corrected chi connectivity index (χ2v) is 10.8. The van der Waals surface area contributed by atoms with Gasteiger partial charge in [0.1, 0.15) is 12.1 Å². The Kier molecular flexibility index (Phi) is 6.65. The van der Waals surface area contributed by atoms with Crippen molar-refractivity contribution in [1.82, 2.24) is 24.4 Å². The molecule has 0 bridgehead atoms. The Labute approximate surface area is 229 Å². The van der Waals surface area contributed by atoms with Crippen LogP contribution in [0.25, 0.3) is 11.4 Å². The van der Waals surface area contributed by atoms with E-state index in [4.69, 9.17) is 16.6 Å². The van der Waals surface area contributed by atoms with E-state index in [0.717, 1.165) is 52.3 Å².